The van der Waals surface area contributed by atoms with Crippen molar-refractivity contribution in [2.24, 2.45) is 4.99 Å². The molecule has 1 aromatic carbocycles. The van der Waals surface area contributed by atoms with Gasteiger partial charge in [-0.25, -0.2) is 0 Å². The van der Waals surface area contributed by atoms with Gasteiger partial charge in [0, 0.05) is 17.8 Å². The summed E-state index contributed by atoms with van der Waals surface area (Å²) in [6.07, 6.45) is 7.22. The van der Waals surface area contributed by atoms with Gasteiger partial charge in [-0.3, -0.25) is 24.5 Å². The van der Waals surface area contributed by atoms with Crippen LogP contribution in [0, 0.1) is 10.1 Å². The van der Waals surface area contributed by atoms with Gasteiger partial charge < -0.3 is 4.74 Å². The van der Waals surface area contributed by atoms with Crippen LogP contribution in [0.25, 0.3) is 0 Å². The van der Waals surface area contributed by atoms with E-state index in [-0.39, 0.29) is 28.9 Å². The number of hydrogen-bond donors (Lipinski definition) is 0. The second-order valence-electron chi connectivity index (χ2n) is 6.30. The fraction of sp³-hybridized carbons (Fsp3) is 0.368. The zero-order chi connectivity index (χ0) is 18.5. The lowest BCUT2D eigenvalue weighted by molar-refractivity contribution is -0.385. The predicted molar refractivity (Wildman–Crippen MR) is 96.2 cm³/mol. The van der Waals surface area contributed by atoms with Crippen molar-refractivity contribution in [2.75, 3.05) is 7.11 Å². The third kappa shape index (κ3) is 3.82. The van der Waals surface area contributed by atoms with Crippen LogP contribution < -0.4 is 10.2 Å². The van der Waals surface area contributed by atoms with Gasteiger partial charge in [0.05, 0.1) is 18.1 Å². The Morgan fingerprint density at radius 1 is 1.23 bits per heavy atom. The average Bonchev–Trinajstić information content (AvgIpc) is 2.68. The van der Waals surface area contributed by atoms with Gasteiger partial charge >= 0.3 is 5.69 Å². The van der Waals surface area contributed by atoms with Gasteiger partial charge in [-0.1, -0.05) is 25.3 Å². The van der Waals surface area contributed by atoms with Gasteiger partial charge in [-0.15, -0.1) is 0 Å². The lowest BCUT2D eigenvalue weighted by atomic mass is 9.96. The van der Waals surface area contributed by atoms with E-state index < -0.39 is 4.92 Å². The molecule has 0 unspecified atom stereocenters. The Bertz CT molecular complexity index is 882. The number of methoxy groups -OCH3 is 1. The summed E-state index contributed by atoms with van der Waals surface area (Å²) in [6.45, 7) is 0. The van der Waals surface area contributed by atoms with E-state index in [0.29, 0.717) is 5.49 Å². The van der Waals surface area contributed by atoms with E-state index in [4.69, 9.17) is 9.73 Å². The molecule has 3 rings (SSSR count). The number of aromatic nitrogens is 1. The van der Waals surface area contributed by atoms with E-state index in [9.17, 15) is 14.9 Å². The van der Waals surface area contributed by atoms with Crippen LogP contribution >= 0.6 is 0 Å². The molecular formula is C19H21N3O4. The standard InChI is InChI=1S/C19H21N3O4/c1-26-17-11-10-14(13-16(17)22(24)25)19(23)21-12-6-5-9-18(21)20-15-7-3-2-4-8-15/h5-6,9-13,15H,2-4,7-8H2,1H3. The zero-order valence-electron chi connectivity index (χ0n) is 14.6. The van der Waals surface area contributed by atoms with E-state index in [1.165, 1.54) is 36.3 Å². The topological polar surface area (TPSA) is 86.7 Å². The summed E-state index contributed by atoms with van der Waals surface area (Å²) in [5.41, 5.74) is 0.553. The van der Waals surface area contributed by atoms with Gasteiger partial charge in [0.1, 0.15) is 5.49 Å². The summed E-state index contributed by atoms with van der Waals surface area (Å²) in [4.78, 5) is 28.3. The first-order chi connectivity index (χ1) is 12.6. The Labute approximate surface area is 151 Å². The van der Waals surface area contributed by atoms with Gasteiger partial charge in [-0.05, 0) is 37.1 Å². The maximum atomic E-state index is 12.9. The Morgan fingerprint density at radius 2 is 2.00 bits per heavy atom. The Balaban J connectivity index is 1.99. The van der Waals surface area contributed by atoms with Crippen LogP contribution in [0.4, 0.5) is 5.69 Å². The number of benzene rings is 1. The van der Waals surface area contributed by atoms with Crippen molar-refractivity contribution in [2.45, 2.75) is 38.1 Å². The Hall–Kier alpha value is -2.96. The molecule has 0 N–H and O–H groups in total. The molecule has 7 heteroatoms. The van der Waals surface area contributed by atoms with E-state index >= 15 is 0 Å². The molecule has 0 amide bonds. The number of nitrogens with zero attached hydrogens (tertiary/aromatic N) is 3. The highest BCUT2D eigenvalue weighted by Gasteiger charge is 2.19. The molecule has 0 spiro atoms. The van der Waals surface area contributed by atoms with Gasteiger partial charge in [0.15, 0.2) is 5.75 Å². The van der Waals surface area contributed by atoms with Crippen LogP contribution in [0.5, 0.6) is 5.75 Å². The minimum atomic E-state index is -0.557. The molecule has 26 heavy (non-hydrogen) atoms. The van der Waals surface area contributed by atoms with Crippen LogP contribution in [-0.2, 0) is 0 Å². The molecule has 0 saturated heterocycles. The first kappa shape index (κ1) is 17.8. The second-order valence-corrected chi connectivity index (χ2v) is 6.30. The van der Waals surface area contributed by atoms with Gasteiger partial charge in [0.25, 0.3) is 5.91 Å². The molecule has 2 aromatic rings. The highest BCUT2D eigenvalue weighted by Crippen LogP contribution is 2.27. The summed E-state index contributed by atoms with van der Waals surface area (Å²) in [7, 11) is 1.36. The van der Waals surface area contributed by atoms with Crippen LogP contribution in [0.3, 0.4) is 0 Å². The third-order valence-corrected chi connectivity index (χ3v) is 4.57. The highest BCUT2D eigenvalue weighted by molar-refractivity contribution is 5.96. The summed E-state index contributed by atoms with van der Waals surface area (Å²) in [5.74, 6) is -0.234. The van der Waals surface area contributed by atoms with Crippen molar-refractivity contribution in [3.05, 3.63) is 63.8 Å². The molecule has 1 aliphatic rings. The van der Waals surface area contributed by atoms with E-state index in [1.807, 2.05) is 6.07 Å². The second kappa shape index (κ2) is 7.95. The zero-order valence-corrected chi connectivity index (χ0v) is 14.6. The van der Waals surface area contributed by atoms with Crippen LogP contribution in [0.1, 0.15) is 42.5 Å². The number of hydrogen-bond acceptors (Lipinski definition) is 5. The fourth-order valence-electron chi connectivity index (χ4n) is 3.21. The molecule has 0 bridgehead atoms. The van der Waals surface area contributed by atoms with Crippen molar-refractivity contribution < 1.29 is 14.5 Å². The van der Waals surface area contributed by atoms with E-state index in [0.717, 1.165) is 25.7 Å². The van der Waals surface area contributed by atoms with Crippen LogP contribution in [0.2, 0.25) is 0 Å². The SMILES string of the molecule is COc1ccc(C(=O)n2ccccc2=NC2CCCCC2)cc1[N+](=O)[O-]. The largest absolute Gasteiger partial charge is 0.490 e. The smallest absolute Gasteiger partial charge is 0.311 e. The van der Waals surface area contributed by atoms with Gasteiger partial charge in [-0.2, -0.15) is 0 Å². The number of nitro groups is 1. The van der Waals surface area contributed by atoms with Crippen molar-refractivity contribution in [3.63, 3.8) is 0 Å². The lowest BCUT2D eigenvalue weighted by Gasteiger charge is -2.17. The minimum absolute atomic E-state index is 0.122. The summed E-state index contributed by atoms with van der Waals surface area (Å²) in [6, 6.07) is 9.80. The average molecular weight is 355 g/mol. The molecule has 136 valence electrons. The quantitative estimate of drug-likeness (QED) is 0.622. The van der Waals surface area contributed by atoms with E-state index in [1.54, 1.807) is 18.3 Å². The maximum Gasteiger partial charge on any atom is 0.311 e. The molecule has 1 aliphatic carbocycles. The summed E-state index contributed by atoms with van der Waals surface area (Å²) in [5, 5.41) is 11.2. The first-order valence-corrected chi connectivity index (χ1v) is 8.69. The molecule has 1 fully saturated rings. The molecular weight excluding hydrogens is 334 g/mol. The number of carbonyl (C=O) groups excluding carboxylic acids is 1. The number of carbonyl (C=O) groups is 1. The first-order valence-electron chi connectivity index (χ1n) is 8.69. The summed E-state index contributed by atoms with van der Waals surface area (Å²) >= 11 is 0. The molecule has 1 heterocycles. The molecule has 1 aromatic heterocycles. The molecule has 1 saturated carbocycles. The lowest BCUT2D eigenvalue weighted by Crippen LogP contribution is -2.29. The Kier molecular flexibility index (Phi) is 5.46. The van der Waals surface area contributed by atoms with Crippen molar-refractivity contribution in [3.8, 4) is 5.75 Å². The van der Waals surface area contributed by atoms with Crippen molar-refractivity contribution >= 4 is 11.6 Å². The number of rotatable bonds is 4. The predicted octanol–water partition coefficient (Wildman–Crippen LogP) is 3.33. The monoisotopic (exact) mass is 355 g/mol. The van der Waals surface area contributed by atoms with Crippen LogP contribution in [0.15, 0.2) is 47.6 Å². The minimum Gasteiger partial charge on any atom is -0.490 e. The molecule has 7 nitrogen and oxygen atoms in total. The normalized spacial score (nSPS) is 15.7. The Morgan fingerprint density at radius 3 is 2.69 bits per heavy atom. The molecule has 0 aliphatic heterocycles. The van der Waals surface area contributed by atoms with E-state index in [2.05, 4.69) is 0 Å². The van der Waals surface area contributed by atoms with Crippen molar-refractivity contribution in [1.82, 2.24) is 4.57 Å². The maximum absolute atomic E-state index is 12.9. The number of ether oxygens (including phenoxy) is 1. The fourth-order valence-corrected chi connectivity index (χ4v) is 3.21. The number of nitro benzene ring substituents is 1. The molecule has 0 radical (unpaired) electrons. The van der Waals surface area contributed by atoms with Gasteiger partial charge in [0.2, 0.25) is 0 Å². The van der Waals surface area contributed by atoms with Crippen LogP contribution in [-0.4, -0.2) is 28.5 Å². The third-order valence-electron chi connectivity index (χ3n) is 4.57. The summed E-state index contributed by atoms with van der Waals surface area (Å²) < 4.78 is 6.44. The van der Waals surface area contributed by atoms with Crippen molar-refractivity contribution in [1.29, 1.82) is 0 Å². The number of pyridine rings is 1. The molecule has 0 atom stereocenters. The highest BCUT2D eigenvalue weighted by atomic mass is 16.6.